The smallest absolute Gasteiger partial charge is 0.243 e. The van der Waals surface area contributed by atoms with Crippen LogP contribution >= 0.6 is 0 Å². The summed E-state index contributed by atoms with van der Waals surface area (Å²) in [5.41, 5.74) is 8.73. The number of hydrogen-bond donors (Lipinski definition) is 3. The third-order valence-corrected chi connectivity index (χ3v) is 3.61. The molecule has 0 bridgehead atoms. The highest BCUT2D eigenvalue weighted by atomic mass is 19.2. The molecular formula is C18H22F2N4O. The third-order valence-electron chi connectivity index (χ3n) is 3.61. The Balaban J connectivity index is 2.03. The average Bonchev–Trinajstić information content (AvgIpc) is 2.56. The Morgan fingerprint density at radius 3 is 2.56 bits per heavy atom. The van der Waals surface area contributed by atoms with Crippen molar-refractivity contribution >= 4 is 17.3 Å². The van der Waals surface area contributed by atoms with Gasteiger partial charge in [-0.2, -0.15) is 0 Å². The van der Waals surface area contributed by atoms with Gasteiger partial charge in [-0.3, -0.25) is 4.79 Å². The number of rotatable bonds is 7. The summed E-state index contributed by atoms with van der Waals surface area (Å²) in [5.74, 6) is -2.20. The van der Waals surface area contributed by atoms with E-state index in [2.05, 4.69) is 10.6 Å². The van der Waals surface area contributed by atoms with Gasteiger partial charge in [0.15, 0.2) is 11.6 Å². The molecule has 0 saturated heterocycles. The van der Waals surface area contributed by atoms with E-state index in [1.54, 1.807) is 6.07 Å². The molecule has 0 atom stereocenters. The Morgan fingerprint density at radius 2 is 1.92 bits per heavy atom. The summed E-state index contributed by atoms with van der Waals surface area (Å²) < 4.78 is 26.1. The van der Waals surface area contributed by atoms with E-state index in [9.17, 15) is 13.6 Å². The van der Waals surface area contributed by atoms with Gasteiger partial charge in [0.1, 0.15) is 0 Å². The number of carbonyl (C=O) groups is 1. The quantitative estimate of drug-likeness (QED) is 0.719. The van der Waals surface area contributed by atoms with E-state index in [0.717, 1.165) is 23.3 Å². The van der Waals surface area contributed by atoms with Gasteiger partial charge in [-0.15, -0.1) is 0 Å². The lowest BCUT2D eigenvalue weighted by atomic mass is 10.0. The van der Waals surface area contributed by atoms with Crippen LogP contribution in [0.1, 0.15) is 11.1 Å². The van der Waals surface area contributed by atoms with Crippen molar-refractivity contribution in [1.29, 1.82) is 0 Å². The van der Waals surface area contributed by atoms with Gasteiger partial charge >= 0.3 is 0 Å². The van der Waals surface area contributed by atoms with Crippen LogP contribution in [0.15, 0.2) is 36.4 Å². The van der Waals surface area contributed by atoms with Gasteiger partial charge < -0.3 is 21.3 Å². The maximum absolute atomic E-state index is 13.2. The second-order valence-corrected chi connectivity index (χ2v) is 5.92. The number of anilines is 2. The number of nitrogens with one attached hydrogen (secondary N) is 2. The zero-order valence-electron chi connectivity index (χ0n) is 14.3. The van der Waals surface area contributed by atoms with Gasteiger partial charge in [0.25, 0.3) is 0 Å². The van der Waals surface area contributed by atoms with Crippen molar-refractivity contribution in [3.05, 3.63) is 59.2 Å². The van der Waals surface area contributed by atoms with Gasteiger partial charge in [0.05, 0.1) is 6.54 Å². The molecule has 0 aliphatic carbocycles. The van der Waals surface area contributed by atoms with Crippen molar-refractivity contribution < 1.29 is 13.6 Å². The van der Waals surface area contributed by atoms with E-state index in [0.29, 0.717) is 24.5 Å². The molecule has 0 aromatic heterocycles. The topological polar surface area (TPSA) is 70.4 Å². The van der Waals surface area contributed by atoms with Crippen LogP contribution in [0.4, 0.5) is 20.2 Å². The van der Waals surface area contributed by atoms with E-state index < -0.39 is 11.6 Å². The lowest BCUT2D eigenvalue weighted by Gasteiger charge is -2.17. The van der Waals surface area contributed by atoms with E-state index >= 15 is 0 Å². The first-order valence-electron chi connectivity index (χ1n) is 7.85. The van der Waals surface area contributed by atoms with Crippen molar-refractivity contribution in [2.75, 3.05) is 31.3 Å². The van der Waals surface area contributed by atoms with Crippen LogP contribution in [0.3, 0.4) is 0 Å². The zero-order valence-corrected chi connectivity index (χ0v) is 14.3. The molecule has 7 heteroatoms. The molecule has 0 spiro atoms. The molecule has 25 heavy (non-hydrogen) atoms. The third kappa shape index (κ3) is 5.23. The summed E-state index contributed by atoms with van der Waals surface area (Å²) in [7, 11) is 3.91. The Kier molecular flexibility index (Phi) is 6.44. The van der Waals surface area contributed by atoms with Crippen LogP contribution in [-0.2, 0) is 17.9 Å². The van der Waals surface area contributed by atoms with Crippen molar-refractivity contribution in [3.63, 3.8) is 0 Å². The number of benzene rings is 2. The maximum Gasteiger partial charge on any atom is 0.243 e. The summed E-state index contributed by atoms with van der Waals surface area (Å²) in [6, 6.07) is 9.00. The van der Waals surface area contributed by atoms with Crippen LogP contribution < -0.4 is 16.4 Å². The SMILES string of the molecule is CN(C)Cc1cccc(NC(=O)CNc2ccc(F)c(F)c2)c1CN. The monoisotopic (exact) mass is 348 g/mol. The first kappa shape index (κ1) is 18.8. The van der Waals surface area contributed by atoms with Crippen LogP contribution in [0.2, 0.25) is 0 Å². The second kappa shape index (κ2) is 8.55. The zero-order chi connectivity index (χ0) is 18.4. The van der Waals surface area contributed by atoms with E-state index in [1.807, 2.05) is 31.1 Å². The highest BCUT2D eigenvalue weighted by Gasteiger charge is 2.11. The summed E-state index contributed by atoms with van der Waals surface area (Å²) in [6.07, 6.45) is 0. The Labute approximate surface area is 145 Å². The molecule has 0 saturated carbocycles. The van der Waals surface area contributed by atoms with E-state index in [-0.39, 0.29) is 12.5 Å². The fourth-order valence-electron chi connectivity index (χ4n) is 2.46. The van der Waals surface area contributed by atoms with Crippen molar-refractivity contribution in [1.82, 2.24) is 4.90 Å². The number of amides is 1. The molecule has 2 aromatic carbocycles. The van der Waals surface area contributed by atoms with Crippen LogP contribution in [-0.4, -0.2) is 31.4 Å². The number of nitrogens with zero attached hydrogens (tertiary/aromatic N) is 1. The summed E-state index contributed by atoms with van der Waals surface area (Å²) in [4.78, 5) is 14.2. The van der Waals surface area contributed by atoms with Crippen LogP contribution in [0.5, 0.6) is 0 Å². The molecule has 0 unspecified atom stereocenters. The number of halogens is 2. The fourth-order valence-corrected chi connectivity index (χ4v) is 2.46. The molecule has 0 heterocycles. The minimum Gasteiger partial charge on any atom is -0.376 e. The predicted octanol–water partition coefficient (Wildman–Crippen LogP) is 2.54. The Hall–Kier alpha value is -2.51. The van der Waals surface area contributed by atoms with Gasteiger partial charge in [-0.1, -0.05) is 12.1 Å². The van der Waals surface area contributed by atoms with Gasteiger partial charge in [-0.25, -0.2) is 8.78 Å². The van der Waals surface area contributed by atoms with Gasteiger partial charge in [-0.05, 0) is 43.4 Å². The van der Waals surface area contributed by atoms with Crippen LogP contribution in [0.25, 0.3) is 0 Å². The molecule has 2 rings (SSSR count). The minimum atomic E-state index is -0.966. The molecule has 1 amide bonds. The highest BCUT2D eigenvalue weighted by Crippen LogP contribution is 2.21. The lowest BCUT2D eigenvalue weighted by molar-refractivity contribution is -0.114. The van der Waals surface area contributed by atoms with Crippen molar-refractivity contribution in [3.8, 4) is 0 Å². The van der Waals surface area contributed by atoms with Gasteiger partial charge in [0.2, 0.25) is 5.91 Å². The van der Waals surface area contributed by atoms with Crippen molar-refractivity contribution in [2.45, 2.75) is 13.1 Å². The molecule has 5 nitrogen and oxygen atoms in total. The summed E-state index contributed by atoms with van der Waals surface area (Å²) >= 11 is 0. The molecule has 0 aliphatic heterocycles. The van der Waals surface area contributed by atoms with Crippen molar-refractivity contribution in [2.24, 2.45) is 5.73 Å². The van der Waals surface area contributed by atoms with E-state index in [4.69, 9.17) is 5.73 Å². The Bertz CT molecular complexity index is 750. The number of carbonyl (C=O) groups excluding carboxylic acids is 1. The fraction of sp³-hybridized carbons (Fsp3) is 0.278. The molecule has 134 valence electrons. The highest BCUT2D eigenvalue weighted by molar-refractivity contribution is 5.94. The Morgan fingerprint density at radius 1 is 1.16 bits per heavy atom. The molecule has 0 aliphatic rings. The summed E-state index contributed by atoms with van der Waals surface area (Å²) in [6.45, 7) is 0.937. The number of nitrogens with two attached hydrogens (primary N) is 1. The normalized spacial score (nSPS) is 10.8. The molecule has 2 aromatic rings. The minimum absolute atomic E-state index is 0.0764. The van der Waals surface area contributed by atoms with Crippen LogP contribution in [0, 0.1) is 11.6 Å². The summed E-state index contributed by atoms with van der Waals surface area (Å²) in [5, 5.41) is 5.56. The first-order valence-corrected chi connectivity index (χ1v) is 7.85. The predicted molar refractivity (Wildman–Crippen MR) is 95.2 cm³/mol. The second-order valence-electron chi connectivity index (χ2n) is 5.92. The molecular weight excluding hydrogens is 326 g/mol. The van der Waals surface area contributed by atoms with Gasteiger partial charge in [0, 0.05) is 30.5 Å². The molecule has 0 radical (unpaired) electrons. The molecule has 0 fully saturated rings. The molecule has 4 N–H and O–H groups in total. The lowest BCUT2D eigenvalue weighted by Crippen LogP contribution is -2.23. The standard InChI is InChI=1S/C18H22F2N4O/c1-24(2)11-12-4-3-5-17(14(12)9-21)23-18(25)10-22-13-6-7-15(19)16(20)8-13/h3-8,22H,9-11,21H2,1-2H3,(H,23,25). The average molecular weight is 348 g/mol. The maximum atomic E-state index is 13.2. The first-order chi connectivity index (χ1) is 11.9. The van der Waals surface area contributed by atoms with E-state index in [1.165, 1.54) is 6.07 Å². The number of hydrogen-bond acceptors (Lipinski definition) is 4. The largest absolute Gasteiger partial charge is 0.376 e.